The highest BCUT2D eigenvalue weighted by Gasteiger charge is 2.20. The molecule has 23 heavy (non-hydrogen) atoms. The van der Waals surface area contributed by atoms with Crippen molar-refractivity contribution in [1.29, 1.82) is 0 Å². The van der Waals surface area contributed by atoms with E-state index in [0.717, 1.165) is 11.1 Å². The molecular formula is C14H14BrClFIN3OP. The molecule has 0 aliphatic rings. The maximum atomic E-state index is 14.3. The van der Waals surface area contributed by atoms with E-state index >= 15 is 0 Å². The Balaban J connectivity index is 0.000000924. The first-order chi connectivity index (χ1) is 11.1. The lowest BCUT2D eigenvalue weighted by molar-refractivity contribution is 0.412. The average Bonchev–Trinajstić information content (AvgIpc) is 3.16. The molecule has 1 aromatic carbocycles. The number of nitrogens with zero attached hydrogens (tertiary/aromatic N) is 2. The molecule has 0 saturated carbocycles. The normalized spacial score (nSPS) is 11.1. The Morgan fingerprint density at radius 1 is 1.48 bits per heavy atom. The molecule has 1 unspecified atom stereocenters. The summed E-state index contributed by atoms with van der Waals surface area (Å²) in [6, 6.07) is 1.72. The minimum atomic E-state index is -0.527. The van der Waals surface area contributed by atoms with Crippen LogP contribution in [0.15, 0.2) is 23.1 Å². The molecule has 0 fully saturated rings. The first-order valence-electron chi connectivity index (χ1n) is 6.71. The van der Waals surface area contributed by atoms with Gasteiger partial charge in [-0.3, -0.25) is 0 Å². The fourth-order valence-corrected chi connectivity index (χ4v) is 4.09. The lowest BCUT2D eigenvalue weighted by Gasteiger charge is -2.05. The monoisotopic (exact) mass is 531 g/mol. The van der Waals surface area contributed by atoms with E-state index < -0.39 is 5.82 Å². The summed E-state index contributed by atoms with van der Waals surface area (Å²) in [7, 11) is 1.46. The zero-order valence-corrected chi connectivity index (χ0v) is 18.0. The van der Waals surface area contributed by atoms with E-state index in [4.69, 9.17) is 16.3 Å². The van der Waals surface area contributed by atoms with E-state index in [-0.39, 0.29) is 5.02 Å². The summed E-state index contributed by atoms with van der Waals surface area (Å²) in [6.45, 7) is 4.00. The number of hydrogen-bond donors (Lipinski definition) is 1. The maximum absolute atomic E-state index is 14.3. The van der Waals surface area contributed by atoms with E-state index in [0.29, 0.717) is 27.6 Å². The zero-order valence-electron chi connectivity index (χ0n) is 12.5. The van der Waals surface area contributed by atoms with Crippen molar-refractivity contribution in [3.8, 4) is 16.9 Å². The van der Waals surface area contributed by atoms with Gasteiger partial charge < -0.3 is 9.72 Å². The van der Waals surface area contributed by atoms with Gasteiger partial charge in [0.15, 0.2) is 5.82 Å². The van der Waals surface area contributed by atoms with Gasteiger partial charge in [-0.2, -0.15) is 5.10 Å². The highest BCUT2D eigenvalue weighted by molar-refractivity contribution is 14.2. The van der Waals surface area contributed by atoms with E-state index in [1.807, 2.05) is 24.5 Å². The molecule has 2 heterocycles. The van der Waals surface area contributed by atoms with Crippen LogP contribution < -0.4 is 4.74 Å². The van der Waals surface area contributed by atoms with E-state index in [9.17, 15) is 4.39 Å². The first kappa shape index (κ1) is 19.0. The van der Waals surface area contributed by atoms with Crippen LogP contribution in [0.5, 0.6) is 5.75 Å². The van der Waals surface area contributed by atoms with E-state index in [1.165, 1.54) is 7.11 Å². The minimum Gasteiger partial charge on any atom is -0.495 e. The number of H-pyrrole nitrogens is 1. The molecule has 3 aromatic rings. The number of benzene rings is 1. The fourth-order valence-electron chi connectivity index (χ4n) is 2.14. The van der Waals surface area contributed by atoms with Gasteiger partial charge in [-0.1, -0.05) is 25.4 Å². The Labute approximate surface area is 161 Å². The molecule has 0 bridgehead atoms. The molecular weight excluding hydrogens is 518 g/mol. The van der Waals surface area contributed by atoms with E-state index in [1.54, 1.807) is 12.3 Å². The van der Waals surface area contributed by atoms with Gasteiger partial charge in [0.25, 0.3) is 0 Å². The van der Waals surface area contributed by atoms with Crippen LogP contribution in [0.3, 0.4) is 0 Å². The Bertz CT molecular complexity index is 839. The zero-order chi connectivity index (χ0) is 17.1. The van der Waals surface area contributed by atoms with Crippen molar-refractivity contribution >= 4 is 66.8 Å². The summed E-state index contributed by atoms with van der Waals surface area (Å²) in [4.78, 5) is 2.98. The standard InChI is InChI=1S/C12H8BrClFIN3OP.C2H6/c1-20-7-2-6-8(5-3-17-19(4-5)21-16)12(13)18-11(6)10(15)9(7)14;1-2/h2-4,18,21H,1H3;1-2H3. The van der Waals surface area contributed by atoms with Crippen molar-refractivity contribution in [3.05, 3.63) is 33.9 Å². The van der Waals surface area contributed by atoms with E-state index in [2.05, 4.69) is 48.1 Å². The summed E-state index contributed by atoms with van der Waals surface area (Å²) in [5.41, 5.74) is 2.06. The van der Waals surface area contributed by atoms with Gasteiger partial charge in [0, 0.05) is 22.7 Å². The predicted molar refractivity (Wildman–Crippen MR) is 108 cm³/mol. The maximum Gasteiger partial charge on any atom is 0.169 e. The molecule has 2 aromatic heterocycles. The molecule has 0 spiro atoms. The molecule has 1 N–H and O–H groups in total. The highest BCUT2D eigenvalue weighted by Crippen LogP contribution is 2.42. The van der Waals surface area contributed by atoms with Crippen molar-refractivity contribution in [3.63, 3.8) is 0 Å². The van der Waals surface area contributed by atoms with Crippen LogP contribution in [0.25, 0.3) is 22.0 Å². The largest absolute Gasteiger partial charge is 0.495 e. The highest BCUT2D eigenvalue weighted by atomic mass is 127. The van der Waals surface area contributed by atoms with Crippen molar-refractivity contribution in [2.24, 2.45) is 0 Å². The Kier molecular flexibility index (Phi) is 6.71. The molecule has 9 heteroatoms. The van der Waals surface area contributed by atoms with Crippen molar-refractivity contribution in [2.45, 2.75) is 13.8 Å². The SMILES string of the molecule is CC.COc1cc2c(-c3cnn(PI)c3)c(Br)[nH]c2c(F)c1Cl. The summed E-state index contributed by atoms with van der Waals surface area (Å²) < 4.78 is 22.0. The van der Waals surface area contributed by atoms with Gasteiger partial charge in [-0.25, -0.2) is 8.84 Å². The predicted octanol–water partition coefficient (Wildman–Crippen LogP) is 6.41. The van der Waals surface area contributed by atoms with Crippen LogP contribution in [-0.4, -0.2) is 21.6 Å². The number of aromatic amines is 1. The molecule has 0 aliphatic carbocycles. The van der Waals surface area contributed by atoms with Gasteiger partial charge in [-0.05, 0) is 44.0 Å². The Morgan fingerprint density at radius 2 is 2.17 bits per heavy atom. The lowest BCUT2D eigenvalue weighted by Crippen LogP contribution is -1.88. The summed E-state index contributed by atoms with van der Waals surface area (Å²) in [6.07, 6.45) is 4.16. The van der Waals surface area contributed by atoms with Crippen molar-refractivity contribution in [1.82, 2.24) is 14.5 Å². The third kappa shape index (κ3) is 3.52. The van der Waals surface area contributed by atoms with Crippen LogP contribution in [-0.2, 0) is 0 Å². The molecule has 3 rings (SSSR count). The number of rotatable bonds is 3. The van der Waals surface area contributed by atoms with Gasteiger partial charge in [0.05, 0.1) is 29.8 Å². The fraction of sp³-hybridized carbons (Fsp3) is 0.214. The van der Waals surface area contributed by atoms with Crippen LogP contribution in [0, 0.1) is 5.82 Å². The summed E-state index contributed by atoms with van der Waals surface area (Å²) >= 11 is 11.6. The van der Waals surface area contributed by atoms with Gasteiger partial charge in [0.2, 0.25) is 0 Å². The minimum absolute atomic E-state index is 0.0326. The molecule has 4 nitrogen and oxygen atoms in total. The second-order valence-electron chi connectivity index (χ2n) is 4.20. The second-order valence-corrected chi connectivity index (χ2v) is 7.45. The van der Waals surface area contributed by atoms with Crippen molar-refractivity contribution < 1.29 is 9.13 Å². The van der Waals surface area contributed by atoms with Gasteiger partial charge in [0.1, 0.15) is 10.8 Å². The third-order valence-electron chi connectivity index (χ3n) is 3.07. The molecule has 0 saturated heterocycles. The van der Waals surface area contributed by atoms with Crippen LogP contribution in [0.2, 0.25) is 5.02 Å². The number of halogens is 4. The first-order valence-corrected chi connectivity index (χ1v) is 11.9. The third-order valence-corrected chi connectivity index (χ3v) is 5.92. The lowest BCUT2D eigenvalue weighted by atomic mass is 10.1. The molecule has 0 radical (unpaired) electrons. The number of nitrogens with one attached hydrogen (secondary N) is 1. The van der Waals surface area contributed by atoms with Gasteiger partial charge in [-0.15, -0.1) is 0 Å². The number of hydrogen-bond acceptors (Lipinski definition) is 2. The molecule has 0 amide bonds. The number of fused-ring (bicyclic) bond motifs is 1. The Hall–Kier alpha value is -0.370. The van der Waals surface area contributed by atoms with Gasteiger partial charge >= 0.3 is 0 Å². The van der Waals surface area contributed by atoms with Crippen LogP contribution >= 0.6 is 55.9 Å². The quantitative estimate of drug-likeness (QED) is 0.313. The van der Waals surface area contributed by atoms with Crippen molar-refractivity contribution in [2.75, 3.05) is 7.11 Å². The molecule has 0 aliphatic heterocycles. The smallest absolute Gasteiger partial charge is 0.169 e. The van der Waals surface area contributed by atoms with Crippen LogP contribution in [0.1, 0.15) is 13.8 Å². The molecule has 1 atom stereocenters. The second kappa shape index (κ2) is 8.14. The molecule has 124 valence electrons. The number of methoxy groups -OCH3 is 1. The van der Waals surface area contributed by atoms with Crippen LogP contribution in [0.4, 0.5) is 4.39 Å². The Morgan fingerprint density at radius 3 is 2.74 bits per heavy atom. The number of aromatic nitrogens is 3. The summed E-state index contributed by atoms with van der Waals surface area (Å²) in [5.74, 6) is -0.223. The topological polar surface area (TPSA) is 42.8 Å². The number of ether oxygens (including phenoxy) is 1. The average molecular weight is 533 g/mol. The summed E-state index contributed by atoms with van der Waals surface area (Å²) in [5, 5.41) is 4.92.